The van der Waals surface area contributed by atoms with Crippen molar-refractivity contribution in [3.8, 4) is 0 Å². The third-order valence-electron chi connectivity index (χ3n) is 3.99. The summed E-state index contributed by atoms with van der Waals surface area (Å²) in [5, 5.41) is 4.62. The number of aromatic amines is 1. The molecule has 3 rings (SSSR count). The number of rotatable bonds is 3. The smallest absolute Gasteiger partial charge is 0.323 e. The zero-order valence-electron chi connectivity index (χ0n) is 11.9. The van der Waals surface area contributed by atoms with E-state index in [2.05, 4.69) is 29.4 Å². The number of aromatic nitrogens is 1. The molecule has 0 spiro atoms. The Morgan fingerprint density at radius 2 is 2.15 bits per heavy atom. The molecule has 1 aliphatic rings. The van der Waals surface area contributed by atoms with Gasteiger partial charge >= 0.3 is 5.97 Å². The van der Waals surface area contributed by atoms with Crippen molar-refractivity contribution in [2.24, 2.45) is 0 Å². The van der Waals surface area contributed by atoms with E-state index in [9.17, 15) is 4.79 Å². The average molecular weight is 272 g/mol. The number of carbonyl (C=O) groups is 1. The van der Waals surface area contributed by atoms with Gasteiger partial charge in [-0.1, -0.05) is 25.1 Å². The van der Waals surface area contributed by atoms with Gasteiger partial charge in [0.15, 0.2) is 0 Å². The highest BCUT2D eigenvalue weighted by Crippen LogP contribution is 2.33. The number of nitrogens with one attached hydrogen (secondary N) is 2. The lowest BCUT2D eigenvalue weighted by molar-refractivity contribution is -0.146. The molecule has 2 heterocycles. The lowest BCUT2D eigenvalue weighted by Gasteiger charge is -2.29. The van der Waals surface area contributed by atoms with Crippen molar-refractivity contribution in [1.29, 1.82) is 0 Å². The number of H-pyrrole nitrogens is 1. The Balaban J connectivity index is 2.02. The first-order valence-electron chi connectivity index (χ1n) is 7.26. The Morgan fingerprint density at radius 3 is 2.90 bits per heavy atom. The van der Waals surface area contributed by atoms with Crippen LogP contribution in [0.1, 0.15) is 37.6 Å². The summed E-state index contributed by atoms with van der Waals surface area (Å²) in [5.41, 5.74) is 3.61. The molecule has 2 N–H and O–H groups in total. The minimum atomic E-state index is -0.244. The normalized spacial score (nSPS) is 21.7. The molecule has 4 heteroatoms. The SMILES string of the molecule is CCOC(=O)[C@@H]1Cc2c([nH]c3ccccc23)[C@H](CC)N1. The molecule has 0 bridgehead atoms. The summed E-state index contributed by atoms with van der Waals surface area (Å²) in [6.07, 6.45) is 1.63. The number of ether oxygens (including phenoxy) is 1. The summed E-state index contributed by atoms with van der Waals surface area (Å²) >= 11 is 0. The lowest BCUT2D eigenvalue weighted by atomic mass is 9.93. The van der Waals surface area contributed by atoms with Crippen molar-refractivity contribution in [3.63, 3.8) is 0 Å². The van der Waals surface area contributed by atoms with E-state index in [0.717, 1.165) is 11.9 Å². The first-order valence-corrected chi connectivity index (χ1v) is 7.26. The molecule has 1 aliphatic heterocycles. The second-order valence-corrected chi connectivity index (χ2v) is 5.20. The molecule has 0 unspecified atom stereocenters. The van der Waals surface area contributed by atoms with Crippen molar-refractivity contribution in [2.75, 3.05) is 6.61 Å². The van der Waals surface area contributed by atoms with Crippen LogP contribution in [0.2, 0.25) is 0 Å². The number of hydrogen-bond donors (Lipinski definition) is 2. The molecular formula is C16H20N2O2. The van der Waals surface area contributed by atoms with Crippen LogP contribution >= 0.6 is 0 Å². The van der Waals surface area contributed by atoms with Crippen LogP contribution in [0.5, 0.6) is 0 Å². The largest absolute Gasteiger partial charge is 0.465 e. The predicted molar refractivity (Wildman–Crippen MR) is 78.6 cm³/mol. The molecule has 1 aromatic carbocycles. The van der Waals surface area contributed by atoms with E-state index in [4.69, 9.17) is 4.74 Å². The van der Waals surface area contributed by atoms with Gasteiger partial charge in [0.25, 0.3) is 0 Å². The van der Waals surface area contributed by atoms with Crippen LogP contribution in [-0.4, -0.2) is 23.6 Å². The van der Waals surface area contributed by atoms with Crippen molar-refractivity contribution in [3.05, 3.63) is 35.5 Å². The van der Waals surface area contributed by atoms with Crippen molar-refractivity contribution in [1.82, 2.24) is 10.3 Å². The van der Waals surface area contributed by atoms with Gasteiger partial charge in [0.05, 0.1) is 6.61 Å². The topological polar surface area (TPSA) is 54.1 Å². The van der Waals surface area contributed by atoms with E-state index in [-0.39, 0.29) is 18.1 Å². The third kappa shape index (κ3) is 2.10. The second-order valence-electron chi connectivity index (χ2n) is 5.20. The molecular weight excluding hydrogens is 252 g/mol. The Hall–Kier alpha value is -1.81. The minimum absolute atomic E-state index is 0.151. The van der Waals surface area contributed by atoms with Gasteiger partial charge < -0.3 is 9.72 Å². The Bertz CT molecular complexity index is 632. The molecule has 0 amide bonds. The summed E-state index contributed by atoms with van der Waals surface area (Å²) < 4.78 is 5.17. The Morgan fingerprint density at radius 1 is 1.35 bits per heavy atom. The Labute approximate surface area is 118 Å². The van der Waals surface area contributed by atoms with E-state index in [1.165, 1.54) is 16.6 Å². The number of para-hydroxylation sites is 1. The quantitative estimate of drug-likeness (QED) is 0.845. The van der Waals surface area contributed by atoms with Gasteiger partial charge in [-0.3, -0.25) is 10.1 Å². The molecule has 1 aromatic heterocycles. The summed E-state index contributed by atoms with van der Waals surface area (Å²) in [7, 11) is 0. The molecule has 2 atom stereocenters. The molecule has 2 aromatic rings. The van der Waals surface area contributed by atoms with E-state index in [1.807, 2.05) is 19.1 Å². The first-order chi connectivity index (χ1) is 9.74. The maximum absolute atomic E-state index is 12.0. The van der Waals surface area contributed by atoms with Crippen molar-refractivity contribution >= 4 is 16.9 Å². The van der Waals surface area contributed by atoms with Crippen LogP contribution in [0.15, 0.2) is 24.3 Å². The number of carbonyl (C=O) groups excluding carboxylic acids is 1. The molecule has 4 nitrogen and oxygen atoms in total. The van der Waals surface area contributed by atoms with Gasteiger partial charge in [0.2, 0.25) is 0 Å². The second kappa shape index (κ2) is 5.29. The molecule has 0 saturated heterocycles. The number of hydrogen-bond acceptors (Lipinski definition) is 3. The maximum atomic E-state index is 12.0. The summed E-state index contributed by atoms with van der Waals surface area (Å²) in [6.45, 7) is 4.39. The monoisotopic (exact) mass is 272 g/mol. The average Bonchev–Trinajstić information content (AvgIpc) is 2.85. The maximum Gasteiger partial charge on any atom is 0.323 e. The molecule has 0 saturated carbocycles. The fourth-order valence-electron chi connectivity index (χ4n) is 3.04. The lowest BCUT2D eigenvalue weighted by Crippen LogP contribution is -2.45. The molecule has 20 heavy (non-hydrogen) atoms. The third-order valence-corrected chi connectivity index (χ3v) is 3.99. The van der Waals surface area contributed by atoms with Gasteiger partial charge in [-0.05, 0) is 25.0 Å². The highest BCUT2D eigenvalue weighted by atomic mass is 16.5. The van der Waals surface area contributed by atoms with Crippen molar-refractivity contribution < 1.29 is 9.53 Å². The summed E-state index contributed by atoms with van der Waals surface area (Å²) in [5.74, 6) is -0.151. The first kappa shape index (κ1) is 13.2. The number of benzene rings is 1. The summed E-state index contributed by atoms with van der Waals surface area (Å²) in [6, 6.07) is 8.21. The van der Waals surface area contributed by atoms with Gasteiger partial charge in [-0.2, -0.15) is 0 Å². The fraction of sp³-hybridized carbons (Fsp3) is 0.438. The highest BCUT2D eigenvalue weighted by Gasteiger charge is 2.32. The van der Waals surface area contributed by atoms with Crippen LogP contribution in [0, 0.1) is 0 Å². The summed E-state index contributed by atoms with van der Waals surface area (Å²) in [4.78, 5) is 15.5. The van der Waals surface area contributed by atoms with E-state index < -0.39 is 0 Å². The highest BCUT2D eigenvalue weighted by molar-refractivity contribution is 5.87. The molecule has 0 aliphatic carbocycles. The number of fused-ring (bicyclic) bond motifs is 3. The predicted octanol–water partition coefficient (Wildman–Crippen LogP) is 2.70. The standard InChI is InChI=1S/C16H20N2O2/c1-3-12-15-11(9-14(17-12)16(19)20-4-2)10-7-5-6-8-13(10)18-15/h5-8,12,14,17-18H,3-4,9H2,1-2H3/t12-,14-/m0/s1. The minimum Gasteiger partial charge on any atom is -0.465 e. The molecule has 106 valence electrons. The Kier molecular flexibility index (Phi) is 3.49. The van der Waals surface area contributed by atoms with Gasteiger partial charge in [-0.25, -0.2) is 0 Å². The number of esters is 1. The van der Waals surface area contributed by atoms with Gasteiger partial charge in [0, 0.05) is 29.1 Å². The van der Waals surface area contributed by atoms with Crippen LogP contribution in [0.25, 0.3) is 10.9 Å². The van der Waals surface area contributed by atoms with Gasteiger partial charge in [0.1, 0.15) is 6.04 Å². The van der Waals surface area contributed by atoms with Crippen LogP contribution < -0.4 is 5.32 Å². The van der Waals surface area contributed by atoms with E-state index in [1.54, 1.807) is 0 Å². The van der Waals surface area contributed by atoms with Crippen LogP contribution in [0.4, 0.5) is 0 Å². The van der Waals surface area contributed by atoms with Crippen molar-refractivity contribution in [2.45, 2.75) is 38.8 Å². The van der Waals surface area contributed by atoms with E-state index >= 15 is 0 Å². The van der Waals surface area contributed by atoms with Gasteiger partial charge in [-0.15, -0.1) is 0 Å². The molecule has 0 fully saturated rings. The van der Waals surface area contributed by atoms with E-state index in [0.29, 0.717) is 13.0 Å². The molecule has 0 radical (unpaired) electrons. The zero-order valence-corrected chi connectivity index (χ0v) is 11.9. The zero-order chi connectivity index (χ0) is 14.1. The fourth-order valence-corrected chi connectivity index (χ4v) is 3.04. The van der Waals surface area contributed by atoms with Crippen LogP contribution in [0.3, 0.4) is 0 Å². The van der Waals surface area contributed by atoms with Crippen LogP contribution in [-0.2, 0) is 16.0 Å².